The van der Waals surface area contributed by atoms with E-state index < -0.39 is 17.2 Å². The van der Waals surface area contributed by atoms with Gasteiger partial charge in [-0.25, -0.2) is 13.6 Å². The van der Waals surface area contributed by atoms with Crippen LogP contribution in [0.4, 0.5) is 8.78 Å². The second kappa shape index (κ2) is 4.67. The van der Waals surface area contributed by atoms with Gasteiger partial charge in [-0.1, -0.05) is 12.8 Å². The highest BCUT2D eigenvalue weighted by atomic mass is 19.1. The van der Waals surface area contributed by atoms with Crippen molar-refractivity contribution in [3.63, 3.8) is 0 Å². The second-order valence-corrected chi connectivity index (χ2v) is 4.37. The number of nitrogens with zero attached hydrogens (tertiary/aromatic N) is 2. The van der Waals surface area contributed by atoms with E-state index in [1.165, 1.54) is 6.08 Å². The molecule has 0 atom stereocenters. The fourth-order valence-corrected chi connectivity index (χ4v) is 2.48. The molecule has 1 saturated carbocycles. The maximum absolute atomic E-state index is 13.8. The standard InChI is InChI=1S/C13H10F2N2O/c14-11-6-12(15)10(5-9(11)7-16)13(17-8-18)3-1-2-4-13/h5-6H,1-4H2. The number of rotatable bonds is 2. The van der Waals surface area contributed by atoms with Crippen LogP contribution in [0.15, 0.2) is 17.1 Å². The van der Waals surface area contributed by atoms with E-state index in [1.807, 2.05) is 0 Å². The van der Waals surface area contributed by atoms with Gasteiger partial charge in [0.25, 0.3) is 0 Å². The summed E-state index contributed by atoms with van der Waals surface area (Å²) in [5.41, 5.74) is -1.11. The topological polar surface area (TPSA) is 53.2 Å². The van der Waals surface area contributed by atoms with Gasteiger partial charge in [0.1, 0.15) is 23.2 Å². The maximum Gasteiger partial charge on any atom is 0.235 e. The number of benzene rings is 1. The Bertz CT molecular complexity index is 565. The number of carbonyl (C=O) groups excluding carboxylic acids is 1. The van der Waals surface area contributed by atoms with Crippen LogP contribution < -0.4 is 0 Å². The van der Waals surface area contributed by atoms with E-state index in [0.29, 0.717) is 18.9 Å². The molecule has 0 radical (unpaired) electrons. The van der Waals surface area contributed by atoms with Crippen molar-refractivity contribution >= 4 is 6.08 Å². The summed E-state index contributed by atoms with van der Waals surface area (Å²) >= 11 is 0. The third-order valence-electron chi connectivity index (χ3n) is 3.37. The molecule has 18 heavy (non-hydrogen) atoms. The van der Waals surface area contributed by atoms with Crippen LogP contribution in [0.2, 0.25) is 0 Å². The molecule has 0 aliphatic heterocycles. The van der Waals surface area contributed by atoms with Crippen molar-refractivity contribution in [1.29, 1.82) is 5.26 Å². The van der Waals surface area contributed by atoms with Gasteiger partial charge in [-0.3, -0.25) is 0 Å². The fraction of sp³-hybridized carbons (Fsp3) is 0.385. The highest BCUT2D eigenvalue weighted by molar-refractivity contribution is 5.43. The largest absolute Gasteiger partial charge is 0.235 e. The molecule has 0 saturated heterocycles. The monoisotopic (exact) mass is 248 g/mol. The van der Waals surface area contributed by atoms with Crippen LogP contribution in [0.25, 0.3) is 0 Å². The summed E-state index contributed by atoms with van der Waals surface area (Å²) in [4.78, 5) is 14.2. The number of hydrogen-bond donors (Lipinski definition) is 0. The van der Waals surface area contributed by atoms with E-state index in [-0.39, 0.29) is 11.1 Å². The molecule has 0 aromatic heterocycles. The third-order valence-corrected chi connectivity index (χ3v) is 3.37. The van der Waals surface area contributed by atoms with E-state index in [1.54, 1.807) is 6.07 Å². The molecule has 0 unspecified atom stereocenters. The van der Waals surface area contributed by atoms with Crippen LogP contribution in [0.3, 0.4) is 0 Å². The van der Waals surface area contributed by atoms with E-state index in [0.717, 1.165) is 18.9 Å². The quantitative estimate of drug-likeness (QED) is 0.596. The molecule has 1 fully saturated rings. The maximum atomic E-state index is 13.8. The van der Waals surface area contributed by atoms with Crippen molar-refractivity contribution in [2.75, 3.05) is 0 Å². The number of isocyanates is 1. The van der Waals surface area contributed by atoms with Gasteiger partial charge < -0.3 is 0 Å². The smallest absolute Gasteiger partial charge is 0.211 e. The summed E-state index contributed by atoms with van der Waals surface area (Å²) < 4.78 is 27.1. The number of hydrogen-bond acceptors (Lipinski definition) is 3. The minimum Gasteiger partial charge on any atom is -0.211 e. The average Bonchev–Trinajstić information content (AvgIpc) is 2.79. The van der Waals surface area contributed by atoms with Crippen LogP contribution in [-0.4, -0.2) is 6.08 Å². The van der Waals surface area contributed by atoms with Gasteiger partial charge in [0.05, 0.1) is 5.56 Å². The van der Waals surface area contributed by atoms with E-state index in [9.17, 15) is 13.6 Å². The Hall–Kier alpha value is -2.05. The van der Waals surface area contributed by atoms with Gasteiger partial charge in [-0.05, 0) is 18.9 Å². The summed E-state index contributed by atoms with van der Waals surface area (Å²) in [6.07, 6.45) is 4.10. The molecule has 0 amide bonds. The zero-order valence-electron chi connectivity index (χ0n) is 9.54. The molecule has 2 rings (SSSR count). The minimum absolute atomic E-state index is 0.112. The van der Waals surface area contributed by atoms with Crippen molar-refractivity contribution in [2.24, 2.45) is 4.99 Å². The zero-order chi connectivity index (χ0) is 13.2. The summed E-state index contributed by atoms with van der Waals surface area (Å²) in [5, 5.41) is 8.77. The average molecular weight is 248 g/mol. The first kappa shape index (κ1) is 12.4. The predicted molar refractivity (Wildman–Crippen MR) is 59.3 cm³/mol. The Balaban J connectivity index is 2.62. The molecule has 0 bridgehead atoms. The van der Waals surface area contributed by atoms with Crippen LogP contribution in [0, 0.1) is 23.0 Å². The van der Waals surface area contributed by atoms with Gasteiger partial charge in [-0.2, -0.15) is 10.3 Å². The molecule has 3 nitrogen and oxygen atoms in total. The Morgan fingerprint density at radius 3 is 2.44 bits per heavy atom. The van der Waals surface area contributed by atoms with Gasteiger partial charge >= 0.3 is 0 Å². The van der Waals surface area contributed by atoms with Crippen molar-refractivity contribution < 1.29 is 13.6 Å². The van der Waals surface area contributed by atoms with Crippen molar-refractivity contribution in [1.82, 2.24) is 0 Å². The first-order valence-corrected chi connectivity index (χ1v) is 5.61. The lowest BCUT2D eigenvalue weighted by atomic mass is 9.87. The van der Waals surface area contributed by atoms with Crippen molar-refractivity contribution in [3.8, 4) is 6.07 Å². The first-order valence-electron chi connectivity index (χ1n) is 5.61. The van der Waals surface area contributed by atoms with Gasteiger partial charge in [0, 0.05) is 11.6 Å². The normalized spacial score (nSPS) is 16.9. The highest BCUT2D eigenvalue weighted by Gasteiger charge is 2.38. The van der Waals surface area contributed by atoms with Crippen molar-refractivity contribution in [2.45, 2.75) is 31.2 Å². The molecule has 1 aromatic carbocycles. The summed E-state index contributed by atoms with van der Waals surface area (Å²) in [6, 6.07) is 3.49. The molecule has 92 valence electrons. The Morgan fingerprint density at radius 2 is 1.89 bits per heavy atom. The molecule has 0 heterocycles. The van der Waals surface area contributed by atoms with Crippen LogP contribution >= 0.6 is 0 Å². The number of nitriles is 1. The minimum atomic E-state index is -0.981. The number of aliphatic imine (C=N–C) groups is 1. The van der Waals surface area contributed by atoms with Gasteiger partial charge in [-0.15, -0.1) is 0 Å². The van der Waals surface area contributed by atoms with Crippen LogP contribution in [-0.2, 0) is 10.3 Å². The molecule has 0 spiro atoms. The zero-order valence-corrected chi connectivity index (χ0v) is 9.54. The molecule has 1 aliphatic rings. The molecule has 5 heteroatoms. The third kappa shape index (κ3) is 1.92. The lowest BCUT2D eigenvalue weighted by Crippen LogP contribution is -2.21. The Morgan fingerprint density at radius 1 is 1.22 bits per heavy atom. The summed E-state index contributed by atoms with van der Waals surface area (Å²) in [7, 11) is 0. The van der Waals surface area contributed by atoms with Crippen LogP contribution in [0.1, 0.15) is 36.8 Å². The van der Waals surface area contributed by atoms with E-state index >= 15 is 0 Å². The summed E-state index contributed by atoms with van der Waals surface area (Å²) in [6.45, 7) is 0. The Kier molecular flexibility index (Phi) is 3.22. The molecular formula is C13H10F2N2O. The fourth-order valence-electron chi connectivity index (χ4n) is 2.48. The van der Waals surface area contributed by atoms with E-state index in [4.69, 9.17) is 5.26 Å². The van der Waals surface area contributed by atoms with E-state index in [2.05, 4.69) is 4.99 Å². The number of halogens is 2. The first-order chi connectivity index (χ1) is 8.63. The summed E-state index contributed by atoms with van der Waals surface area (Å²) in [5.74, 6) is -1.67. The molecular weight excluding hydrogens is 238 g/mol. The second-order valence-electron chi connectivity index (χ2n) is 4.37. The van der Waals surface area contributed by atoms with Crippen molar-refractivity contribution in [3.05, 3.63) is 34.9 Å². The van der Waals surface area contributed by atoms with Crippen LogP contribution in [0.5, 0.6) is 0 Å². The van der Waals surface area contributed by atoms with Gasteiger partial charge in [0.15, 0.2) is 0 Å². The highest BCUT2D eigenvalue weighted by Crippen LogP contribution is 2.43. The lowest BCUT2D eigenvalue weighted by Gasteiger charge is -2.23. The molecule has 1 aromatic rings. The molecule has 1 aliphatic carbocycles. The predicted octanol–water partition coefficient (Wildman–Crippen LogP) is 2.94. The lowest BCUT2D eigenvalue weighted by molar-refractivity contribution is 0.427. The SMILES string of the molecule is N#Cc1cc(C2(N=C=O)CCCC2)c(F)cc1F. The van der Waals surface area contributed by atoms with Gasteiger partial charge in [0.2, 0.25) is 6.08 Å². The molecule has 0 N–H and O–H groups in total. The Labute approximate surface area is 103 Å².